The van der Waals surface area contributed by atoms with Crippen LogP contribution in [-0.4, -0.2) is 29.6 Å². The summed E-state index contributed by atoms with van der Waals surface area (Å²) in [5.74, 6) is -1.47. The molecule has 0 saturated carbocycles. The molecule has 0 aliphatic carbocycles. The third-order valence-electron chi connectivity index (χ3n) is 3.68. The number of benzene rings is 2. The third-order valence-corrected chi connectivity index (χ3v) is 3.68. The van der Waals surface area contributed by atoms with Crippen LogP contribution >= 0.6 is 0 Å². The van der Waals surface area contributed by atoms with E-state index < -0.39 is 11.9 Å². The molecular formula is C20H23NO4. The maximum absolute atomic E-state index is 12.4. The van der Waals surface area contributed by atoms with Crippen molar-refractivity contribution in [3.05, 3.63) is 65.7 Å². The van der Waals surface area contributed by atoms with Gasteiger partial charge in [0.1, 0.15) is 5.75 Å². The minimum atomic E-state index is -0.934. The fourth-order valence-corrected chi connectivity index (χ4v) is 2.47. The lowest BCUT2D eigenvalue weighted by atomic mass is 9.99. The Morgan fingerprint density at radius 1 is 1.04 bits per heavy atom. The molecule has 0 spiro atoms. The van der Waals surface area contributed by atoms with Crippen molar-refractivity contribution in [3.63, 3.8) is 0 Å². The van der Waals surface area contributed by atoms with Crippen LogP contribution in [0.15, 0.2) is 54.6 Å². The standard InChI is InChI=1S/C20H23NO4/c1-14(2)25-18-11-7-6-10-17(18)19(22)21-13-16(20(23)24)12-15-8-4-3-5-9-15/h3-11,14,16H,12-13H2,1-2H3,(H,21,22)(H,23,24). The first kappa shape index (κ1) is 18.5. The van der Waals surface area contributed by atoms with Gasteiger partial charge >= 0.3 is 5.97 Å². The molecular weight excluding hydrogens is 318 g/mol. The SMILES string of the molecule is CC(C)Oc1ccccc1C(=O)NCC(Cc1ccccc1)C(=O)O. The van der Waals surface area contributed by atoms with Gasteiger partial charge in [-0.05, 0) is 38.0 Å². The van der Waals surface area contributed by atoms with Crippen LogP contribution in [0.2, 0.25) is 0 Å². The van der Waals surface area contributed by atoms with Crippen LogP contribution < -0.4 is 10.1 Å². The van der Waals surface area contributed by atoms with Crippen molar-refractivity contribution < 1.29 is 19.4 Å². The van der Waals surface area contributed by atoms with E-state index in [1.54, 1.807) is 24.3 Å². The number of hydrogen-bond donors (Lipinski definition) is 2. The van der Waals surface area contributed by atoms with Crippen LogP contribution in [0.3, 0.4) is 0 Å². The minimum Gasteiger partial charge on any atom is -0.490 e. The topological polar surface area (TPSA) is 75.6 Å². The van der Waals surface area contributed by atoms with Crippen LogP contribution in [0.5, 0.6) is 5.75 Å². The Kier molecular flexibility index (Phi) is 6.57. The third kappa shape index (κ3) is 5.64. The van der Waals surface area contributed by atoms with Gasteiger partial charge in [-0.2, -0.15) is 0 Å². The number of carbonyl (C=O) groups excluding carboxylic acids is 1. The Labute approximate surface area is 147 Å². The Morgan fingerprint density at radius 2 is 1.68 bits per heavy atom. The Morgan fingerprint density at radius 3 is 2.32 bits per heavy atom. The summed E-state index contributed by atoms with van der Waals surface area (Å²) in [5, 5.41) is 12.1. The highest BCUT2D eigenvalue weighted by atomic mass is 16.5. The van der Waals surface area contributed by atoms with Gasteiger partial charge in [0.15, 0.2) is 0 Å². The van der Waals surface area contributed by atoms with E-state index >= 15 is 0 Å². The normalized spacial score (nSPS) is 11.8. The van der Waals surface area contributed by atoms with Gasteiger partial charge in [-0.3, -0.25) is 9.59 Å². The quantitative estimate of drug-likeness (QED) is 0.773. The molecule has 5 nitrogen and oxygen atoms in total. The number of hydrogen-bond acceptors (Lipinski definition) is 3. The number of ether oxygens (including phenoxy) is 1. The predicted molar refractivity (Wildman–Crippen MR) is 95.8 cm³/mol. The highest BCUT2D eigenvalue weighted by molar-refractivity contribution is 5.97. The number of para-hydroxylation sites is 1. The number of rotatable bonds is 8. The lowest BCUT2D eigenvalue weighted by Crippen LogP contribution is -2.34. The van der Waals surface area contributed by atoms with Crippen molar-refractivity contribution in [2.45, 2.75) is 26.4 Å². The van der Waals surface area contributed by atoms with Crippen molar-refractivity contribution in [2.75, 3.05) is 6.54 Å². The fraction of sp³-hybridized carbons (Fsp3) is 0.300. The second-order valence-corrected chi connectivity index (χ2v) is 6.10. The highest BCUT2D eigenvalue weighted by Crippen LogP contribution is 2.19. The first-order valence-corrected chi connectivity index (χ1v) is 8.28. The second kappa shape index (κ2) is 8.87. The Bertz CT molecular complexity index is 713. The van der Waals surface area contributed by atoms with Crippen LogP contribution in [-0.2, 0) is 11.2 Å². The van der Waals surface area contributed by atoms with E-state index in [4.69, 9.17) is 4.74 Å². The Hall–Kier alpha value is -2.82. The van der Waals surface area contributed by atoms with Crippen molar-refractivity contribution in [1.82, 2.24) is 5.32 Å². The number of nitrogens with one attached hydrogen (secondary N) is 1. The zero-order chi connectivity index (χ0) is 18.2. The van der Waals surface area contributed by atoms with Gasteiger partial charge in [0.25, 0.3) is 5.91 Å². The predicted octanol–water partition coefficient (Wildman–Crippen LogP) is 3.15. The summed E-state index contributed by atoms with van der Waals surface area (Å²) in [7, 11) is 0. The minimum absolute atomic E-state index is 0.0546. The number of carboxylic acids is 1. The average molecular weight is 341 g/mol. The van der Waals surface area contributed by atoms with Gasteiger partial charge < -0.3 is 15.2 Å². The molecule has 0 aliphatic heterocycles. The molecule has 2 aromatic rings. The molecule has 2 aromatic carbocycles. The first-order valence-electron chi connectivity index (χ1n) is 8.28. The highest BCUT2D eigenvalue weighted by Gasteiger charge is 2.20. The van der Waals surface area contributed by atoms with E-state index in [1.165, 1.54) is 0 Å². The Balaban J connectivity index is 2.03. The molecule has 0 saturated heterocycles. The van der Waals surface area contributed by atoms with Gasteiger partial charge in [0.2, 0.25) is 0 Å². The summed E-state index contributed by atoms with van der Waals surface area (Å²) in [6.07, 6.45) is 0.305. The summed E-state index contributed by atoms with van der Waals surface area (Å²) in [6, 6.07) is 16.3. The molecule has 1 atom stereocenters. The van der Waals surface area contributed by atoms with Gasteiger partial charge in [0.05, 0.1) is 17.6 Å². The van der Waals surface area contributed by atoms with Gasteiger partial charge in [-0.15, -0.1) is 0 Å². The van der Waals surface area contributed by atoms with E-state index in [9.17, 15) is 14.7 Å². The smallest absolute Gasteiger partial charge is 0.308 e. The largest absolute Gasteiger partial charge is 0.490 e. The molecule has 0 aromatic heterocycles. The molecule has 1 unspecified atom stereocenters. The summed E-state index contributed by atoms with van der Waals surface area (Å²) < 4.78 is 5.64. The van der Waals surface area contributed by atoms with Gasteiger partial charge in [-0.1, -0.05) is 42.5 Å². The summed E-state index contributed by atoms with van der Waals surface area (Å²) >= 11 is 0. The van der Waals surface area contributed by atoms with Crippen LogP contribution in [0.4, 0.5) is 0 Å². The van der Waals surface area contributed by atoms with E-state index in [0.717, 1.165) is 5.56 Å². The molecule has 2 N–H and O–H groups in total. The molecule has 0 fully saturated rings. The van der Waals surface area contributed by atoms with Gasteiger partial charge in [-0.25, -0.2) is 0 Å². The number of amides is 1. The van der Waals surface area contributed by atoms with Crippen LogP contribution in [0, 0.1) is 5.92 Å². The molecule has 0 bridgehead atoms. The number of carbonyl (C=O) groups is 2. The molecule has 0 aliphatic rings. The van der Waals surface area contributed by atoms with Crippen molar-refractivity contribution >= 4 is 11.9 Å². The lowest BCUT2D eigenvalue weighted by Gasteiger charge is -2.16. The zero-order valence-electron chi connectivity index (χ0n) is 14.4. The number of aliphatic carboxylic acids is 1. The fourth-order valence-electron chi connectivity index (χ4n) is 2.47. The molecule has 1 amide bonds. The van der Waals surface area contributed by atoms with E-state index in [1.807, 2.05) is 44.2 Å². The average Bonchev–Trinajstić information content (AvgIpc) is 2.59. The van der Waals surface area contributed by atoms with Crippen molar-refractivity contribution in [3.8, 4) is 5.75 Å². The maximum Gasteiger partial charge on any atom is 0.308 e. The molecule has 0 radical (unpaired) electrons. The summed E-state index contributed by atoms with van der Waals surface area (Å²) in [6.45, 7) is 3.82. The van der Waals surface area contributed by atoms with Crippen LogP contribution in [0.25, 0.3) is 0 Å². The van der Waals surface area contributed by atoms with Gasteiger partial charge in [0, 0.05) is 6.54 Å². The zero-order valence-corrected chi connectivity index (χ0v) is 14.4. The van der Waals surface area contributed by atoms with Crippen molar-refractivity contribution in [2.24, 2.45) is 5.92 Å². The lowest BCUT2D eigenvalue weighted by molar-refractivity contribution is -0.141. The van der Waals surface area contributed by atoms with Crippen LogP contribution in [0.1, 0.15) is 29.8 Å². The van der Waals surface area contributed by atoms with E-state index in [2.05, 4.69) is 5.32 Å². The molecule has 2 rings (SSSR count). The monoisotopic (exact) mass is 341 g/mol. The molecule has 0 heterocycles. The summed E-state index contributed by atoms with van der Waals surface area (Å²) in [5.41, 5.74) is 1.33. The number of carboxylic acid groups (broad SMARTS) is 1. The molecule has 132 valence electrons. The molecule has 25 heavy (non-hydrogen) atoms. The molecule has 5 heteroatoms. The first-order chi connectivity index (χ1) is 12.0. The summed E-state index contributed by atoms with van der Waals surface area (Å²) in [4.78, 5) is 23.9. The van der Waals surface area contributed by atoms with Crippen molar-refractivity contribution in [1.29, 1.82) is 0 Å². The van der Waals surface area contributed by atoms with E-state index in [-0.39, 0.29) is 18.6 Å². The maximum atomic E-state index is 12.4. The van der Waals surface area contributed by atoms with E-state index in [0.29, 0.717) is 17.7 Å². The second-order valence-electron chi connectivity index (χ2n) is 6.10.